The summed E-state index contributed by atoms with van der Waals surface area (Å²) in [4.78, 5) is 20.6. The van der Waals surface area contributed by atoms with Crippen molar-refractivity contribution >= 4 is 11.9 Å². The van der Waals surface area contributed by atoms with E-state index in [1.165, 1.54) is 25.7 Å². The molecule has 0 rings (SSSR count). The predicted octanol–water partition coefficient (Wildman–Crippen LogP) is 2.98. The Balaban J connectivity index is -0.000000145. The van der Waals surface area contributed by atoms with E-state index in [-0.39, 0.29) is 66.1 Å². The van der Waals surface area contributed by atoms with Crippen LogP contribution in [0.15, 0.2) is 72.9 Å². The molecule has 0 amide bonds. The molecule has 0 spiro atoms. The molecule has 0 fully saturated rings. The van der Waals surface area contributed by atoms with Crippen molar-refractivity contribution in [2.75, 3.05) is 66.1 Å². The Kier molecular flexibility index (Phi) is 89.2. The number of hydrogen-bond acceptors (Lipinski definition) is 17. The van der Waals surface area contributed by atoms with Crippen LogP contribution in [0, 0.1) is 0 Å². The van der Waals surface area contributed by atoms with E-state index in [1.54, 1.807) is 0 Å². The van der Waals surface area contributed by atoms with Crippen LogP contribution >= 0.6 is 0 Å². The lowest BCUT2D eigenvalue weighted by atomic mass is 10.1. The molecular formula is C51H100O19. The van der Waals surface area contributed by atoms with Gasteiger partial charge in [-0.15, -0.1) is 0 Å². The summed E-state index contributed by atoms with van der Waals surface area (Å²) < 4.78 is 0. The molecule has 0 aromatic heterocycles. The summed E-state index contributed by atoms with van der Waals surface area (Å²) in [6, 6.07) is 0. The highest BCUT2D eigenvalue weighted by atomic mass is 16.4. The lowest BCUT2D eigenvalue weighted by molar-refractivity contribution is -0.138. The van der Waals surface area contributed by atoms with Gasteiger partial charge in [-0.3, -0.25) is 9.59 Å². The van der Waals surface area contributed by atoms with Crippen molar-refractivity contribution in [2.45, 2.75) is 173 Å². The second-order valence-corrected chi connectivity index (χ2v) is 15.1. The number of carboxylic acid groups (broad SMARTS) is 2. The van der Waals surface area contributed by atoms with Crippen LogP contribution in [0.3, 0.4) is 0 Å². The summed E-state index contributed by atoms with van der Waals surface area (Å²) in [5.41, 5.74) is 0. The first kappa shape index (κ1) is 80.9. The Bertz CT molecular complexity index is 1010. The number of carbonyl (C=O) groups is 2. The number of hydrogen-bond donors (Lipinski definition) is 17. The van der Waals surface area contributed by atoms with Gasteiger partial charge in [0.05, 0.1) is 66.1 Å². The molecular weight excluding hydrogens is 917 g/mol. The molecule has 19 heteroatoms. The molecule has 0 radical (unpaired) electrons. The number of carboxylic acids is 2. The average Bonchev–Trinajstić information content (AvgIpc) is 3.38. The van der Waals surface area contributed by atoms with E-state index in [2.05, 4.69) is 86.8 Å². The second kappa shape index (κ2) is 77.2. The summed E-state index contributed by atoms with van der Waals surface area (Å²) >= 11 is 0. The van der Waals surface area contributed by atoms with Crippen molar-refractivity contribution in [1.29, 1.82) is 0 Å². The summed E-state index contributed by atoms with van der Waals surface area (Å²) in [6.07, 6.45) is 42.0. The van der Waals surface area contributed by atoms with Gasteiger partial charge in [-0.05, 0) is 77.0 Å². The predicted molar refractivity (Wildman–Crippen MR) is 275 cm³/mol. The van der Waals surface area contributed by atoms with Crippen molar-refractivity contribution in [2.24, 2.45) is 0 Å². The molecule has 70 heavy (non-hydrogen) atoms. The maximum atomic E-state index is 10.3. The zero-order valence-electron chi connectivity index (χ0n) is 42.4. The van der Waals surface area contributed by atoms with E-state index in [4.69, 9.17) is 86.8 Å². The van der Waals surface area contributed by atoms with Crippen LogP contribution in [-0.4, -0.2) is 195 Å². The molecule has 0 bridgehead atoms. The van der Waals surface area contributed by atoms with E-state index >= 15 is 0 Å². The molecule has 0 aliphatic heterocycles. The van der Waals surface area contributed by atoms with E-state index in [0.717, 1.165) is 89.9 Å². The number of rotatable bonds is 36. The van der Waals surface area contributed by atoms with Crippen molar-refractivity contribution < 1.29 is 96.4 Å². The SMILES string of the molecule is CC/C=C\C/C=C\C/C=C\CCCCCCCC(=O)O.CC/C=C\C/C=C\C/C=C\CCCCCCCC(=O)O.OCC(O)CO.OCC(O)CO.OCC(O)CO.OCC(O)CO.OCC(O)CO. The lowest BCUT2D eigenvalue weighted by Gasteiger charge is -1.98. The molecule has 19 nitrogen and oxygen atoms in total. The topological polar surface area (TPSA) is 378 Å². The Morgan fingerprint density at radius 3 is 0.671 bits per heavy atom. The third-order valence-corrected chi connectivity index (χ3v) is 8.19. The number of aliphatic hydroxyl groups excluding tert-OH is 15. The van der Waals surface area contributed by atoms with Crippen LogP contribution in [0.2, 0.25) is 0 Å². The van der Waals surface area contributed by atoms with Gasteiger partial charge in [0.1, 0.15) is 30.5 Å². The second-order valence-electron chi connectivity index (χ2n) is 15.1. The summed E-state index contributed by atoms with van der Waals surface area (Å²) in [7, 11) is 0. The lowest BCUT2D eigenvalue weighted by Crippen LogP contribution is -2.15. The molecule has 418 valence electrons. The van der Waals surface area contributed by atoms with Crippen molar-refractivity contribution in [3.63, 3.8) is 0 Å². The molecule has 0 heterocycles. The van der Waals surface area contributed by atoms with Crippen molar-refractivity contribution in [3.05, 3.63) is 72.9 Å². The number of allylic oxidation sites excluding steroid dienone is 12. The first-order chi connectivity index (χ1) is 33.6. The fraction of sp³-hybridized carbons (Fsp3) is 0.725. The Hall–Kier alpha value is -3.22. The number of aliphatic hydroxyl groups is 15. The highest BCUT2D eigenvalue weighted by Gasteiger charge is 1.98. The monoisotopic (exact) mass is 1020 g/mol. The fourth-order valence-electron chi connectivity index (χ4n) is 4.08. The first-order valence-corrected chi connectivity index (χ1v) is 24.4. The van der Waals surface area contributed by atoms with Gasteiger partial charge in [-0.1, -0.05) is 125 Å². The zero-order valence-corrected chi connectivity index (χ0v) is 42.4. The minimum absolute atomic E-state index is 0.319. The molecule has 0 aromatic carbocycles. The Morgan fingerprint density at radius 2 is 0.486 bits per heavy atom. The van der Waals surface area contributed by atoms with Crippen LogP contribution in [0.25, 0.3) is 0 Å². The fourth-order valence-corrected chi connectivity index (χ4v) is 4.08. The van der Waals surface area contributed by atoms with E-state index < -0.39 is 42.5 Å². The van der Waals surface area contributed by atoms with Crippen LogP contribution in [-0.2, 0) is 9.59 Å². The highest BCUT2D eigenvalue weighted by molar-refractivity contribution is 5.66. The number of unbranched alkanes of at least 4 members (excludes halogenated alkanes) is 10. The largest absolute Gasteiger partial charge is 0.481 e. The molecule has 0 aliphatic rings. The smallest absolute Gasteiger partial charge is 0.303 e. The van der Waals surface area contributed by atoms with Gasteiger partial charge >= 0.3 is 11.9 Å². The van der Waals surface area contributed by atoms with Gasteiger partial charge in [-0.25, -0.2) is 0 Å². The van der Waals surface area contributed by atoms with Crippen molar-refractivity contribution in [3.8, 4) is 0 Å². The number of aliphatic carboxylic acids is 2. The van der Waals surface area contributed by atoms with Crippen LogP contribution < -0.4 is 0 Å². The third-order valence-electron chi connectivity index (χ3n) is 8.19. The van der Waals surface area contributed by atoms with E-state index in [9.17, 15) is 9.59 Å². The molecule has 0 aromatic rings. The standard InChI is InChI=1S/2C18H30O2.5C3H8O3/c2*1-2-3-4-5-6-7-8-9-10-11-12-13-14-15-16-17-18(19)20;5*4-1-3(6)2-5/h2*3-4,6-7,9-10H,2,5,8,11-17H2,1H3,(H,19,20);5*3-6H,1-2H2/b2*4-3-,7-6-,10-9-;;;;;. The normalized spacial score (nSPS) is 11.2. The quantitative estimate of drug-likeness (QED) is 0.0317. The van der Waals surface area contributed by atoms with Gasteiger partial charge in [0, 0.05) is 12.8 Å². The van der Waals surface area contributed by atoms with E-state index in [1.807, 2.05) is 0 Å². The van der Waals surface area contributed by atoms with Gasteiger partial charge in [0.25, 0.3) is 0 Å². The van der Waals surface area contributed by atoms with Gasteiger partial charge in [-0.2, -0.15) is 0 Å². The van der Waals surface area contributed by atoms with Gasteiger partial charge in [0.15, 0.2) is 0 Å². The van der Waals surface area contributed by atoms with Gasteiger partial charge in [0.2, 0.25) is 0 Å². The summed E-state index contributed by atoms with van der Waals surface area (Å²) in [6.45, 7) is 0.650. The molecule has 0 saturated carbocycles. The van der Waals surface area contributed by atoms with E-state index in [0.29, 0.717) is 12.8 Å². The first-order valence-electron chi connectivity index (χ1n) is 24.4. The molecule has 0 saturated heterocycles. The highest BCUT2D eigenvalue weighted by Crippen LogP contribution is 2.09. The molecule has 17 N–H and O–H groups in total. The summed E-state index contributed by atoms with van der Waals surface area (Å²) in [5, 5.41) is 137. The zero-order chi connectivity index (χ0) is 54.7. The molecule has 0 aliphatic carbocycles. The van der Waals surface area contributed by atoms with Crippen LogP contribution in [0.4, 0.5) is 0 Å². The summed E-state index contributed by atoms with van der Waals surface area (Å²) in [5.74, 6) is -1.35. The maximum Gasteiger partial charge on any atom is 0.303 e. The molecule has 0 atom stereocenters. The molecule has 0 unspecified atom stereocenters. The van der Waals surface area contributed by atoms with Crippen LogP contribution in [0.1, 0.15) is 142 Å². The average molecular weight is 1020 g/mol. The Morgan fingerprint density at radius 1 is 0.300 bits per heavy atom. The maximum absolute atomic E-state index is 10.3. The van der Waals surface area contributed by atoms with Gasteiger partial charge < -0.3 is 86.8 Å². The van der Waals surface area contributed by atoms with Crippen molar-refractivity contribution in [1.82, 2.24) is 0 Å². The van der Waals surface area contributed by atoms with Crippen LogP contribution in [0.5, 0.6) is 0 Å². The Labute approximate surface area is 419 Å². The third kappa shape index (κ3) is 102. The minimum atomic E-state index is -0.954. The minimum Gasteiger partial charge on any atom is -0.481 e.